The molecule has 0 fully saturated rings. The highest BCUT2D eigenvalue weighted by molar-refractivity contribution is 7.89. The molecular weight excluding hydrogens is 378 g/mol. The molecule has 4 heteroatoms. The third-order valence-electron chi connectivity index (χ3n) is 5.54. The Labute approximate surface area is 173 Å². The van der Waals surface area contributed by atoms with E-state index in [1.54, 1.807) is 12.1 Å². The van der Waals surface area contributed by atoms with E-state index in [4.69, 9.17) is 6.42 Å². The molecule has 0 amide bonds. The van der Waals surface area contributed by atoms with E-state index in [0.29, 0.717) is 18.0 Å². The lowest BCUT2D eigenvalue weighted by Crippen LogP contribution is -2.25. The van der Waals surface area contributed by atoms with Gasteiger partial charge in [-0.25, -0.2) is 8.42 Å². The van der Waals surface area contributed by atoms with Gasteiger partial charge in [0.1, 0.15) is 0 Å². The second-order valence-electron chi connectivity index (χ2n) is 7.71. The van der Waals surface area contributed by atoms with Gasteiger partial charge in [0.05, 0.1) is 4.90 Å². The van der Waals surface area contributed by atoms with Gasteiger partial charge < -0.3 is 0 Å². The van der Waals surface area contributed by atoms with Crippen LogP contribution >= 0.6 is 0 Å². The lowest BCUT2D eigenvalue weighted by molar-refractivity contribution is 0.431. The maximum atomic E-state index is 13.1. The summed E-state index contributed by atoms with van der Waals surface area (Å²) in [6.07, 6.45) is 5.80. The summed E-state index contributed by atoms with van der Waals surface area (Å²) in [5, 5.41) is 0. The summed E-state index contributed by atoms with van der Waals surface area (Å²) in [6, 6.07) is 17.4. The van der Waals surface area contributed by atoms with Crippen molar-refractivity contribution >= 4 is 10.0 Å². The molecule has 0 bridgehead atoms. The Morgan fingerprint density at radius 3 is 2.28 bits per heavy atom. The van der Waals surface area contributed by atoms with Crippen LogP contribution in [0.3, 0.4) is 0 Å². The van der Waals surface area contributed by atoms with Crippen molar-refractivity contribution in [2.75, 3.05) is 0 Å². The predicted octanol–water partition coefficient (Wildman–Crippen LogP) is 4.96. The molecule has 0 atom stereocenters. The molecule has 1 aliphatic heterocycles. The zero-order chi connectivity index (χ0) is 20.8. The summed E-state index contributed by atoms with van der Waals surface area (Å²) >= 11 is 0. The molecule has 0 spiro atoms. The van der Waals surface area contributed by atoms with Gasteiger partial charge in [-0.3, -0.25) is 0 Å². The van der Waals surface area contributed by atoms with Crippen molar-refractivity contribution in [3.63, 3.8) is 0 Å². The number of hydrogen-bond donors (Lipinski definition) is 0. The van der Waals surface area contributed by atoms with Crippen LogP contribution in [-0.4, -0.2) is 12.7 Å². The number of fused-ring (bicyclic) bond motifs is 1. The molecule has 3 aromatic carbocycles. The van der Waals surface area contributed by atoms with Gasteiger partial charge in [-0.2, -0.15) is 4.31 Å². The number of aryl methyl sites for hydroxylation is 3. The van der Waals surface area contributed by atoms with Gasteiger partial charge in [0.2, 0.25) is 10.0 Å². The molecule has 0 saturated heterocycles. The molecule has 1 heterocycles. The molecule has 0 radical (unpaired) electrons. The summed E-state index contributed by atoms with van der Waals surface area (Å²) in [5.74, 6) is 2.77. The summed E-state index contributed by atoms with van der Waals surface area (Å²) in [6.45, 7) is 6.72. The standard InChI is InChI=1S/C25H23NO2S/c1-5-20-13-21(24-12-18(3)6-9-19(24)4)14-22-15-26(16-25(20)22)29(27,28)23-10-7-17(2)8-11-23/h1,6-14H,15-16H2,2-4H3. The second kappa shape index (κ2) is 7.18. The average molecular weight is 402 g/mol. The SMILES string of the molecule is C#Cc1cc(-c2cc(C)ccc2C)cc2c1CN(S(=O)(=O)c1ccc(C)cc1)C2. The minimum atomic E-state index is -3.58. The number of nitrogens with zero attached hydrogens (tertiary/aromatic N) is 1. The monoisotopic (exact) mass is 401 g/mol. The van der Waals surface area contributed by atoms with Gasteiger partial charge in [0.15, 0.2) is 0 Å². The van der Waals surface area contributed by atoms with E-state index in [0.717, 1.165) is 33.4 Å². The van der Waals surface area contributed by atoms with Crippen LogP contribution in [0.2, 0.25) is 0 Å². The molecule has 0 aromatic heterocycles. The fourth-order valence-electron chi connectivity index (χ4n) is 3.84. The maximum Gasteiger partial charge on any atom is 0.243 e. The van der Waals surface area contributed by atoms with E-state index in [1.165, 1.54) is 15.4 Å². The smallest absolute Gasteiger partial charge is 0.207 e. The first-order chi connectivity index (χ1) is 13.8. The van der Waals surface area contributed by atoms with Crippen molar-refractivity contribution in [3.05, 3.63) is 88.0 Å². The molecular formula is C25H23NO2S. The zero-order valence-electron chi connectivity index (χ0n) is 16.9. The first-order valence-corrected chi connectivity index (χ1v) is 11.0. The van der Waals surface area contributed by atoms with Crippen molar-refractivity contribution in [3.8, 4) is 23.5 Å². The minimum absolute atomic E-state index is 0.304. The summed E-state index contributed by atoms with van der Waals surface area (Å²) < 4.78 is 27.8. The largest absolute Gasteiger partial charge is 0.243 e. The predicted molar refractivity (Wildman–Crippen MR) is 117 cm³/mol. The lowest BCUT2D eigenvalue weighted by atomic mass is 9.93. The molecule has 29 heavy (non-hydrogen) atoms. The molecule has 0 saturated carbocycles. The lowest BCUT2D eigenvalue weighted by Gasteiger charge is -2.15. The maximum absolute atomic E-state index is 13.1. The van der Waals surface area contributed by atoms with Crippen LogP contribution in [-0.2, 0) is 23.1 Å². The van der Waals surface area contributed by atoms with Crippen LogP contribution in [0.15, 0.2) is 59.5 Å². The van der Waals surface area contributed by atoms with Gasteiger partial charge in [0, 0.05) is 18.7 Å². The van der Waals surface area contributed by atoms with E-state index >= 15 is 0 Å². The quantitative estimate of drug-likeness (QED) is 0.582. The van der Waals surface area contributed by atoms with Gasteiger partial charge in [-0.15, -0.1) is 6.42 Å². The average Bonchev–Trinajstić information content (AvgIpc) is 3.14. The van der Waals surface area contributed by atoms with Crippen LogP contribution in [0.5, 0.6) is 0 Å². The van der Waals surface area contributed by atoms with Crippen LogP contribution in [0.1, 0.15) is 33.4 Å². The Morgan fingerprint density at radius 2 is 1.59 bits per heavy atom. The first kappa shape index (κ1) is 19.4. The Bertz CT molecular complexity index is 1250. The van der Waals surface area contributed by atoms with E-state index in [2.05, 4.69) is 44.0 Å². The zero-order valence-corrected chi connectivity index (χ0v) is 17.7. The highest BCUT2D eigenvalue weighted by Gasteiger charge is 2.32. The molecule has 146 valence electrons. The summed E-state index contributed by atoms with van der Waals surface area (Å²) in [7, 11) is -3.58. The summed E-state index contributed by atoms with van der Waals surface area (Å²) in [5.41, 5.74) is 8.21. The van der Waals surface area contributed by atoms with Crippen LogP contribution in [0.25, 0.3) is 11.1 Å². The number of benzene rings is 3. The van der Waals surface area contributed by atoms with Crippen LogP contribution in [0.4, 0.5) is 0 Å². The molecule has 0 unspecified atom stereocenters. The van der Waals surface area contributed by atoms with Crippen molar-refractivity contribution in [2.45, 2.75) is 38.8 Å². The third kappa shape index (κ3) is 3.48. The molecule has 0 N–H and O–H groups in total. The first-order valence-electron chi connectivity index (χ1n) is 9.56. The van der Waals surface area contributed by atoms with Crippen LogP contribution < -0.4 is 0 Å². The van der Waals surface area contributed by atoms with Crippen molar-refractivity contribution in [2.24, 2.45) is 0 Å². The van der Waals surface area contributed by atoms with Gasteiger partial charge in [-0.1, -0.05) is 47.4 Å². The van der Waals surface area contributed by atoms with E-state index in [1.807, 2.05) is 25.1 Å². The van der Waals surface area contributed by atoms with Gasteiger partial charge in [0.25, 0.3) is 0 Å². The number of sulfonamides is 1. The molecule has 3 aromatic rings. The molecule has 1 aliphatic rings. The highest BCUT2D eigenvalue weighted by atomic mass is 32.2. The molecule has 3 nitrogen and oxygen atoms in total. The van der Waals surface area contributed by atoms with E-state index < -0.39 is 10.0 Å². The Balaban J connectivity index is 1.76. The van der Waals surface area contributed by atoms with Crippen molar-refractivity contribution < 1.29 is 8.42 Å². The molecule has 4 rings (SSSR count). The fraction of sp³-hybridized carbons (Fsp3) is 0.200. The molecule has 0 aliphatic carbocycles. The van der Waals surface area contributed by atoms with Crippen molar-refractivity contribution in [1.82, 2.24) is 4.31 Å². The highest BCUT2D eigenvalue weighted by Crippen LogP contribution is 2.35. The Kier molecular flexibility index (Phi) is 4.82. The third-order valence-corrected chi connectivity index (χ3v) is 7.35. The van der Waals surface area contributed by atoms with Crippen molar-refractivity contribution in [1.29, 1.82) is 0 Å². The normalized spacial score (nSPS) is 13.9. The fourth-order valence-corrected chi connectivity index (χ4v) is 5.23. The van der Waals surface area contributed by atoms with E-state index in [-0.39, 0.29) is 0 Å². The Morgan fingerprint density at radius 1 is 0.897 bits per heavy atom. The van der Waals surface area contributed by atoms with E-state index in [9.17, 15) is 8.42 Å². The Hall–Kier alpha value is -2.87. The van der Waals surface area contributed by atoms with Gasteiger partial charge >= 0.3 is 0 Å². The second-order valence-corrected chi connectivity index (χ2v) is 9.65. The van der Waals surface area contributed by atoms with Gasteiger partial charge in [-0.05, 0) is 72.9 Å². The topological polar surface area (TPSA) is 37.4 Å². The number of rotatable bonds is 3. The number of hydrogen-bond acceptors (Lipinski definition) is 2. The van der Waals surface area contributed by atoms with Crippen LogP contribution in [0, 0.1) is 33.1 Å². The number of terminal acetylenes is 1. The summed E-state index contributed by atoms with van der Waals surface area (Å²) in [4.78, 5) is 0.313. The minimum Gasteiger partial charge on any atom is -0.207 e.